The predicted octanol–water partition coefficient (Wildman–Crippen LogP) is 3.77. The van der Waals surface area contributed by atoms with Crippen molar-refractivity contribution >= 4 is 17.6 Å². The van der Waals surface area contributed by atoms with E-state index in [1.807, 2.05) is 6.92 Å². The monoisotopic (exact) mass is 299 g/mol. The third-order valence-electron chi connectivity index (χ3n) is 4.01. The Morgan fingerprint density at radius 3 is 2.60 bits per heavy atom. The second kappa shape index (κ2) is 6.55. The number of hydrogen-bond acceptors (Lipinski definition) is 2. The SMILES string of the molecule is CC(NC1CCC(C(=O)O)CC1)c1ccc(F)c(Cl)c1. The lowest BCUT2D eigenvalue weighted by molar-refractivity contribution is -0.142. The van der Waals surface area contributed by atoms with Crippen molar-refractivity contribution in [2.24, 2.45) is 5.92 Å². The third-order valence-corrected chi connectivity index (χ3v) is 4.30. The number of aliphatic carboxylic acids is 1. The summed E-state index contributed by atoms with van der Waals surface area (Å²) in [7, 11) is 0. The summed E-state index contributed by atoms with van der Waals surface area (Å²) in [5, 5.41) is 12.6. The Balaban J connectivity index is 1.90. The van der Waals surface area contributed by atoms with Gasteiger partial charge < -0.3 is 10.4 Å². The fourth-order valence-corrected chi connectivity index (χ4v) is 2.93. The first-order chi connectivity index (χ1) is 9.47. The van der Waals surface area contributed by atoms with Gasteiger partial charge in [-0.15, -0.1) is 0 Å². The quantitative estimate of drug-likeness (QED) is 0.889. The normalized spacial score (nSPS) is 24.4. The molecule has 5 heteroatoms. The van der Waals surface area contributed by atoms with Crippen molar-refractivity contribution in [3.05, 3.63) is 34.6 Å². The average molecular weight is 300 g/mol. The lowest BCUT2D eigenvalue weighted by Crippen LogP contribution is -2.36. The van der Waals surface area contributed by atoms with Gasteiger partial charge in [0.25, 0.3) is 0 Å². The molecule has 0 bridgehead atoms. The number of hydrogen-bond donors (Lipinski definition) is 2. The minimum atomic E-state index is -0.693. The molecule has 1 aromatic rings. The summed E-state index contributed by atoms with van der Waals surface area (Å²) in [6.45, 7) is 2.01. The summed E-state index contributed by atoms with van der Waals surface area (Å²) in [5.74, 6) is -1.31. The molecule has 20 heavy (non-hydrogen) atoms. The van der Waals surface area contributed by atoms with Gasteiger partial charge in [-0.1, -0.05) is 17.7 Å². The summed E-state index contributed by atoms with van der Waals surface area (Å²) in [4.78, 5) is 10.9. The standard InChI is InChI=1S/C15H19ClFNO2/c1-9(11-4-7-14(17)13(16)8-11)18-12-5-2-10(3-6-12)15(19)20/h4,7-10,12,18H,2-3,5-6H2,1H3,(H,19,20). The third kappa shape index (κ3) is 3.70. The summed E-state index contributed by atoms with van der Waals surface area (Å²) in [6, 6.07) is 5.11. The van der Waals surface area contributed by atoms with E-state index in [-0.39, 0.29) is 17.0 Å². The molecule has 1 fully saturated rings. The topological polar surface area (TPSA) is 49.3 Å². The van der Waals surface area contributed by atoms with E-state index in [1.54, 1.807) is 12.1 Å². The Bertz CT molecular complexity index is 487. The van der Waals surface area contributed by atoms with Gasteiger partial charge in [0.05, 0.1) is 10.9 Å². The molecule has 0 aliphatic heterocycles. The molecule has 2 N–H and O–H groups in total. The fraction of sp³-hybridized carbons (Fsp3) is 0.533. The molecule has 1 unspecified atom stereocenters. The van der Waals surface area contributed by atoms with Crippen LogP contribution in [0.25, 0.3) is 0 Å². The lowest BCUT2D eigenvalue weighted by atomic mass is 9.85. The zero-order valence-corrected chi connectivity index (χ0v) is 12.2. The van der Waals surface area contributed by atoms with Crippen LogP contribution in [0.2, 0.25) is 5.02 Å². The fourth-order valence-electron chi connectivity index (χ4n) is 2.74. The highest BCUT2D eigenvalue weighted by Crippen LogP contribution is 2.27. The zero-order chi connectivity index (χ0) is 14.7. The Hall–Kier alpha value is -1.13. The van der Waals surface area contributed by atoms with Gasteiger partial charge in [0.15, 0.2) is 0 Å². The summed E-state index contributed by atoms with van der Waals surface area (Å²) in [5.41, 5.74) is 0.941. The van der Waals surface area contributed by atoms with Crippen LogP contribution in [0.1, 0.15) is 44.2 Å². The molecule has 0 heterocycles. The van der Waals surface area contributed by atoms with Crippen LogP contribution in [0.15, 0.2) is 18.2 Å². The second-order valence-electron chi connectivity index (χ2n) is 5.45. The van der Waals surface area contributed by atoms with Gasteiger partial charge in [0.1, 0.15) is 5.82 Å². The Labute approximate surface area is 123 Å². The highest BCUT2D eigenvalue weighted by atomic mass is 35.5. The van der Waals surface area contributed by atoms with Gasteiger partial charge in [0.2, 0.25) is 0 Å². The van der Waals surface area contributed by atoms with Crippen LogP contribution in [0, 0.1) is 11.7 Å². The number of rotatable bonds is 4. The van der Waals surface area contributed by atoms with E-state index >= 15 is 0 Å². The van der Waals surface area contributed by atoms with Crippen molar-refractivity contribution in [3.63, 3.8) is 0 Å². The minimum absolute atomic E-state index is 0.0690. The van der Waals surface area contributed by atoms with E-state index in [9.17, 15) is 9.18 Å². The van der Waals surface area contributed by atoms with Crippen molar-refractivity contribution in [1.82, 2.24) is 5.32 Å². The van der Waals surface area contributed by atoms with E-state index in [0.29, 0.717) is 18.9 Å². The van der Waals surface area contributed by atoms with Crippen LogP contribution in [-0.4, -0.2) is 17.1 Å². The number of carbonyl (C=O) groups is 1. The largest absolute Gasteiger partial charge is 0.481 e. The first-order valence-electron chi connectivity index (χ1n) is 6.91. The Morgan fingerprint density at radius 1 is 1.40 bits per heavy atom. The van der Waals surface area contributed by atoms with Crippen LogP contribution in [0.5, 0.6) is 0 Å². The maximum atomic E-state index is 13.1. The molecule has 1 aliphatic carbocycles. The average Bonchev–Trinajstić information content (AvgIpc) is 2.42. The highest BCUT2D eigenvalue weighted by Gasteiger charge is 2.26. The van der Waals surface area contributed by atoms with Gasteiger partial charge >= 0.3 is 5.97 Å². The summed E-state index contributed by atoms with van der Waals surface area (Å²) < 4.78 is 13.1. The highest BCUT2D eigenvalue weighted by molar-refractivity contribution is 6.30. The molecule has 1 aliphatic rings. The number of halogens is 2. The molecule has 1 aromatic carbocycles. The first kappa shape index (κ1) is 15.3. The molecule has 0 amide bonds. The summed E-state index contributed by atoms with van der Waals surface area (Å²) in [6.07, 6.45) is 3.14. The molecule has 0 aromatic heterocycles. The molecule has 110 valence electrons. The molecule has 0 spiro atoms. The maximum absolute atomic E-state index is 13.1. The molecule has 0 radical (unpaired) electrons. The first-order valence-corrected chi connectivity index (χ1v) is 7.29. The maximum Gasteiger partial charge on any atom is 0.306 e. The molecular formula is C15H19ClFNO2. The van der Waals surface area contributed by atoms with Crippen molar-refractivity contribution in [2.45, 2.75) is 44.7 Å². The van der Waals surface area contributed by atoms with Gasteiger partial charge in [-0.3, -0.25) is 4.79 Å². The van der Waals surface area contributed by atoms with E-state index in [2.05, 4.69) is 5.32 Å². The number of benzene rings is 1. The lowest BCUT2D eigenvalue weighted by Gasteiger charge is -2.29. The number of carboxylic acids is 1. The van der Waals surface area contributed by atoms with Gasteiger partial charge in [-0.05, 0) is 50.3 Å². The van der Waals surface area contributed by atoms with E-state index in [0.717, 1.165) is 18.4 Å². The van der Waals surface area contributed by atoms with Crippen molar-refractivity contribution < 1.29 is 14.3 Å². The van der Waals surface area contributed by atoms with Crippen molar-refractivity contribution in [1.29, 1.82) is 0 Å². The van der Waals surface area contributed by atoms with Gasteiger partial charge in [-0.25, -0.2) is 4.39 Å². The van der Waals surface area contributed by atoms with Crippen molar-refractivity contribution in [3.8, 4) is 0 Å². The van der Waals surface area contributed by atoms with E-state index in [1.165, 1.54) is 6.07 Å². The van der Waals surface area contributed by atoms with Crippen LogP contribution in [-0.2, 0) is 4.79 Å². The minimum Gasteiger partial charge on any atom is -0.481 e. The Morgan fingerprint density at radius 2 is 2.05 bits per heavy atom. The number of carboxylic acid groups (broad SMARTS) is 1. The molecular weight excluding hydrogens is 281 g/mol. The Kier molecular flexibility index (Phi) is 5.00. The van der Waals surface area contributed by atoms with E-state index < -0.39 is 11.8 Å². The van der Waals surface area contributed by atoms with Crippen LogP contribution < -0.4 is 5.32 Å². The molecule has 0 saturated heterocycles. The predicted molar refractivity (Wildman–Crippen MR) is 76.3 cm³/mol. The van der Waals surface area contributed by atoms with Crippen molar-refractivity contribution in [2.75, 3.05) is 0 Å². The van der Waals surface area contributed by atoms with Gasteiger partial charge in [0, 0.05) is 12.1 Å². The smallest absolute Gasteiger partial charge is 0.306 e. The van der Waals surface area contributed by atoms with Gasteiger partial charge in [-0.2, -0.15) is 0 Å². The van der Waals surface area contributed by atoms with Crippen LogP contribution in [0.4, 0.5) is 4.39 Å². The molecule has 2 rings (SSSR count). The summed E-state index contributed by atoms with van der Waals surface area (Å²) >= 11 is 5.79. The molecule has 1 saturated carbocycles. The van der Waals surface area contributed by atoms with E-state index in [4.69, 9.17) is 16.7 Å². The second-order valence-corrected chi connectivity index (χ2v) is 5.86. The zero-order valence-electron chi connectivity index (χ0n) is 11.4. The van der Waals surface area contributed by atoms with Crippen LogP contribution >= 0.6 is 11.6 Å². The molecule has 1 atom stereocenters. The van der Waals surface area contributed by atoms with Crippen LogP contribution in [0.3, 0.4) is 0 Å². The molecule has 3 nitrogen and oxygen atoms in total. The number of nitrogens with one attached hydrogen (secondary N) is 1.